The quantitative estimate of drug-likeness (QED) is 0.277. The highest BCUT2D eigenvalue weighted by molar-refractivity contribution is 5.79. The first-order valence-electron chi connectivity index (χ1n) is 13.4. The summed E-state index contributed by atoms with van der Waals surface area (Å²) in [6, 6.07) is 29.3. The maximum Gasteiger partial charge on any atom is 0.227 e. The highest BCUT2D eigenvalue weighted by atomic mass is 19.1. The summed E-state index contributed by atoms with van der Waals surface area (Å²) in [5.41, 5.74) is 8.58. The number of benzene rings is 3. The summed E-state index contributed by atoms with van der Waals surface area (Å²) in [5, 5.41) is 0. The molecule has 1 fully saturated rings. The molecule has 1 saturated heterocycles. The van der Waals surface area contributed by atoms with Crippen LogP contribution in [0.5, 0.6) is 0 Å². The summed E-state index contributed by atoms with van der Waals surface area (Å²) in [7, 11) is 0. The zero-order chi connectivity index (χ0) is 26.8. The maximum atomic E-state index is 13.2. The second-order valence-electron chi connectivity index (χ2n) is 10.2. The molecule has 1 amide bonds. The van der Waals surface area contributed by atoms with Crippen LogP contribution in [0.4, 0.5) is 4.39 Å². The third kappa shape index (κ3) is 5.47. The lowest BCUT2D eigenvalue weighted by Gasteiger charge is -2.35. The Morgan fingerprint density at radius 2 is 1.56 bits per heavy atom. The number of rotatable bonds is 6. The zero-order valence-electron chi connectivity index (χ0n) is 22.1. The van der Waals surface area contributed by atoms with Crippen LogP contribution in [-0.4, -0.2) is 51.3 Å². The van der Waals surface area contributed by atoms with Gasteiger partial charge in [0, 0.05) is 44.5 Å². The van der Waals surface area contributed by atoms with Gasteiger partial charge in [-0.3, -0.25) is 9.69 Å². The fourth-order valence-corrected chi connectivity index (χ4v) is 5.32. The highest BCUT2D eigenvalue weighted by Gasteiger charge is 2.24. The number of fused-ring (bicyclic) bond motifs is 1. The molecule has 5 nitrogen and oxygen atoms in total. The average Bonchev–Trinajstić information content (AvgIpc) is 3.32. The molecule has 0 atom stereocenters. The molecule has 0 spiro atoms. The number of hydrogen-bond acceptors (Lipinski definition) is 3. The number of amides is 1. The Labute approximate surface area is 228 Å². The highest BCUT2D eigenvalue weighted by Crippen LogP contribution is 2.29. The van der Waals surface area contributed by atoms with Crippen molar-refractivity contribution in [3.8, 4) is 22.4 Å². The normalized spacial score (nSPS) is 14.2. The van der Waals surface area contributed by atoms with Gasteiger partial charge in [0.05, 0.1) is 17.8 Å². The lowest BCUT2D eigenvalue weighted by Crippen LogP contribution is -2.48. The van der Waals surface area contributed by atoms with E-state index in [0.29, 0.717) is 19.5 Å². The molecule has 1 aliphatic rings. The van der Waals surface area contributed by atoms with Crippen molar-refractivity contribution in [2.24, 2.45) is 0 Å². The topological polar surface area (TPSA) is 40.9 Å². The maximum absolute atomic E-state index is 13.2. The summed E-state index contributed by atoms with van der Waals surface area (Å²) in [6.07, 6.45) is 2.49. The van der Waals surface area contributed by atoms with Crippen molar-refractivity contribution in [2.45, 2.75) is 19.9 Å². The number of carbonyl (C=O) groups excluding carboxylic acids is 1. The number of nitrogens with zero attached hydrogens (tertiary/aromatic N) is 4. The van der Waals surface area contributed by atoms with Crippen LogP contribution in [0.3, 0.4) is 0 Å². The Balaban J connectivity index is 1.24. The Kier molecular flexibility index (Phi) is 6.95. The monoisotopic (exact) mass is 518 g/mol. The van der Waals surface area contributed by atoms with E-state index in [1.807, 2.05) is 23.1 Å². The van der Waals surface area contributed by atoms with E-state index in [9.17, 15) is 9.18 Å². The molecule has 1 aliphatic heterocycles. The predicted molar refractivity (Wildman–Crippen MR) is 153 cm³/mol. The van der Waals surface area contributed by atoms with Crippen LogP contribution in [0.15, 0.2) is 97.2 Å². The van der Waals surface area contributed by atoms with Crippen LogP contribution in [0.25, 0.3) is 28.0 Å². The number of imidazole rings is 1. The third-order valence-corrected chi connectivity index (χ3v) is 7.48. The smallest absolute Gasteiger partial charge is 0.227 e. The van der Waals surface area contributed by atoms with E-state index in [4.69, 9.17) is 4.98 Å². The fourth-order valence-electron chi connectivity index (χ4n) is 5.32. The van der Waals surface area contributed by atoms with Crippen LogP contribution in [0.2, 0.25) is 0 Å². The predicted octanol–water partition coefficient (Wildman–Crippen LogP) is 6.00. The molecule has 0 bridgehead atoms. The van der Waals surface area contributed by atoms with E-state index in [2.05, 4.69) is 71.0 Å². The summed E-state index contributed by atoms with van der Waals surface area (Å²) in [4.78, 5) is 22.2. The molecule has 5 aromatic rings. The summed E-state index contributed by atoms with van der Waals surface area (Å²) in [6.45, 7) is 5.77. The zero-order valence-corrected chi connectivity index (χ0v) is 22.1. The van der Waals surface area contributed by atoms with Crippen molar-refractivity contribution in [1.82, 2.24) is 19.2 Å². The number of carbonyl (C=O) groups is 1. The average molecular weight is 519 g/mol. The first kappa shape index (κ1) is 25.0. The van der Waals surface area contributed by atoms with E-state index >= 15 is 0 Å². The largest absolute Gasteiger partial charge is 0.340 e. The minimum Gasteiger partial charge on any atom is -0.340 e. The third-order valence-electron chi connectivity index (χ3n) is 7.48. The molecule has 3 heterocycles. The van der Waals surface area contributed by atoms with Gasteiger partial charge in [0.25, 0.3) is 0 Å². The first-order valence-corrected chi connectivity index (χ1v) is 13.4. The lowest BCUT2D eigenvalue weighted by molar-refractivity contribution is -0.132. The number of aromatic nitrogens is 2. The second-order valence-corrected chi connectivity index (χ2v) is 10.2. The Hall–Kier alpha value is -4.29. The van der Waals surface area contributed by atoms with Crippen molar-refractivity contribution in [3.63, 3.8) is 0 Å². The van der Waals surface area contributed by atoms with E-state index < -0.39 is 0 Å². The van der Waals surface area contributed by atoms with Crippen LogP contribution in [-0.2, 0) is 17.8 Å². The molecular formula is C33H31FN4O. The molecule has 3 aromatic carbocycles. The Bertz CT molecular complexity index is 1600. The number of hydrogen-bond donors (Lipinski definition) is 0. The fraction of sp³-hybridized carbons (Fsp3) is 0.212. The molecule has 0 saturated carbocycles. The Morgan fingerprint density at radius 1 is 0.821 bits per heavy atom. The molecule has 0 aliphatic carbocycles. The van der Waals surface area contributed by atoms with Gasteiger partial charge in [-0.05, 0) is 47.9 Å². The van der Waals surface area contributed by atoms with E-state index in [1.165, 1.54) is 23.3 Å². The summed E-state index contributed by atoms with van der Waals surface area (Å²) < 4.78 is 15.5. The molecule has 6 heteroatoms. The number of aryl methyl sites for hydroxylation is 1. The van der Waals surface area contributed by atoms with Crippen molar-refractivity contribution >= 4 is 11.6 Å². The number of halogens is 1. The number of pyridine rings is 1. The molecule has 0 unspecified atom stereocenters. The van der Waals surface area contributed by atoms with E-state index in [1.54, 1.807) is 12.1 Å². The minimum atomic E-state index is -0.284. The molecule has 39 heavy (non-hydrogen) atoms. The van der Waals surface area contributed by atoms with Crippen LogP contribution in [0.1, 0.15) is 16.8 Å². The summed E-state index contributed by atoms with van der Waals surface area (Å²) in [5.74, 6) is -0.197. The van der Waals surface area contributed by atoms with Crippen molar-refractivity contribution in [2.75, 3.05) is 26.2 Å². The van der Waals surface area contributed by atoms with E-state index in [-0.39, 0.29) is 11.7 Å². The van der Waals surface area contributed by atoms with Gasteiger partial charge in [0.2, 0.25) is 5.91 Å². The standard InChI is InChI=1S/C33H31FN4O/c1-24-6-5-9-27(20-24)28-12-15-31-35-33(26-7-3-2-4-8-26)30(38(31)22-28)23-36-16-18-37(19-17-36)32(39)21-25-10-13-29(34)14-11-25/h2-15,20,22H,16-19,21,23H2,1H3. The molecule has 6 rings (SSSR count). The van der Waals surface area contributed by atoms with Crippen LogP contribution >= 0.6 is 0 Å². The second kappa shape index (κ2) is 10.8. The van der Waals surface area contributed by atoms with Gasteiger partial charge in [-0.1, -0.05) is 72.3 Å². The van der Waals surface area contributed by atoms with Crippen LogP contribution in [0, 0.1) is 12.7 Å². The number of piperazine rings is 1. The van der Waals surface area contributed by atoms with Crippen molar-refractivity contribution < 1.29 is 9.18 Å². The van der Waals surface area contributed by atoms with Gasteiger partial charge < -0.3 is 9.30 Å². The van der Waals surface area contributed by atoms with Crippen LogP contribution < -0.4 is 0 Å². The van der Waals surface area contributed by atoms with Crippen molar-refractivity contribution in [3.05, 3.63) is 120 Å². The van der Waals surface area contributed by atoms with Gasteiger partial charge in [0.15, 0.2) is 0 Å². The molecule has 196 valence electrons. The Morgan fingerprint density at radius 3 is 2.31 bits per heavy atom. The molecule has 2 aromatic heterocycles. The lowest BCUT2D eigenvalue weighted by atomic mass is 10.1. The summed E-state index contributed by atoms with van der Waals surface area (Å²) >= 11 is 0. The van der Waals surface area contributed by atoms with E-state index in [0.717, 1.165) is 53.4 Å². The SMILES string of the molecule is Cc1cccc(-c2ccc3nc(-c4ccccc4)c(CN4CCN(C(=O)Cc5ccc(F)cc5)CC4)n3c2)c1. The first-order chi connectivity index (χ1) is 19.0. The van der Waals surface area contributed by atoms with Crippen molar-refractivity contribution in [1.29, 1.82) is 0 Å². The van der Waals surface area contributed by atoms with Gasteiger partial charge in [0.1, 0.15) is 11.5 Å². The molecule has 0 N–H and O–H groups in total. The molecule has 0 radical (unpaired) electrons. The molecular weight excluding hydrogens is 487 g/mol. The van der Waals surface area contributed by atoms with Gasteiger partial charge in [-0.15, -0.1) is 0 Å². The minimum absolute atomic E-state index is 0.0869. The van der Waals surface area contributed by atoms with Gasteiger partial charge >= 0.3 is 0 Å². The van der Waals surface area contributed by atoms with Gasteiger partial charge in [-0.25, -0.2) is 9.37 Å². The van der Waals surface area contributed by atoms with Gasteiger partial charge in [-0.2, -0.15) is 0 Å².